The molecule has 2 aliphatic rings. The molecule has 0 amide bonds. The van der Waals surface area contributed by atoms with Crippen LogP contribution < -0.4 is 0 Å². The van der Waals surface area contributed by atoms with Crippen LogP contribution in [0.15, 0.2) is 47.1 Å². The van der Waals surface area contributed by atoms with Crippen LogP contribution in [0.1, 0.15) is 40.5 Å². The van der Waals surface area contributed by atoms with E-state index in [4.69, 9.17) is 9.47 Å². The van der Waals surface area contributed by atoms with Crippen molar-refractivity contribution in [1.82, 2.24) is 0 Å². The molecule has 0 aromatic rings. The van der Waals surface area contributed by atoms with E-state index in [1.165, 1.54) is 0 Å². The van der Waals surface area contributed by atoms with Gasteiger partial charge in [-0.25, -0.2) is 9.59 Å². The number of rotatable bonds is 2. The molecule has 0 saturated carbocycles. The minimum atomic E-state index is -0.623. The number of hydrogen-bond acceptors (Lipinski definition) is 5. The van der Waals surface area contributed by atoms with Gasteiger partial charge in [-0.2, -0.15) is 0 Å². The molecule has 0 aromatic heterocycles. The molecule has 1 heterocycles. The van der Waals surface area contributed by atoms with Crippen molar-refractivity contribution >= 4 is 11.9 Å². The fourth-order valence-corrected chi connectivity index (χ4v) is 3.22. The average molecular weight is 346 g/mol. The summed E-state index contributed by atoms with van der Waals surface area (Å²) in [6.07, 6.45) is 4.39. The lowest BCUT2D eigenvalue weighted by molar-refractivity contribution is -0.147. The molecule has 0 bridgehead atoms. The molecule has 1 aliphatic carbocycles. The number of aliphatic hydroxyl groups excluding tert-OH is 1. The Morgan fingerprint density at radius 2 is 1.96 bits per heavy atom. The van der Waals surface area contributed by atoms with Crippen LogP contribution in [0, 0.1) is 5.92 Å². The Kier molecular flexibility index (Phi) is 6.01. The third kappa shape index (κ3) is 4.48. The van der Waals surface area contributed by atoms with E-state index in [-0.39, 0.29) is 0 Å². The molecule has 136 valence electrons. The minimum Gasteiger partial charge on any atom is -0.458 e. The fraction of sp³-hybridized carbons (Fsp3) is 0.500. The van der Waals surface area contributed by atoms with Crippen molar-refractivity contribution in [2.45, 2.75) is 58.8 Å². The van der Waals surface area contributed by atoms with Crippen LogP contribution in [0.25, 0.3) is 0 Å². The second kappa shape index (κ2) is 7.83. The minimum absolute atomic E-state index is 0.318. The maximum Gasteiger partial charge on any atom is 0.334 e. The molecule has 5 nitrogen and oxygen atoms in total. The van der Waals surface area contributed by atoms with Crippen LogP contribution in [0.5, 0.6) is 0 Å². The lowest BCUT2D eigenvalue weighted by Gasteiger charge is -2.28. The van der Waals surface area contributed by atoms with Crippen molar-refractivity contribution in [3.63, 3.8) is 0 Å². The van der Waals surface area contributed by atoms with Gasteiger partial charge in [-0.05, 0) is 40.2 Å². The van der Waals surface area contributed by atoms with E-state index in [2.05, 4.69) is 6.58 Å². The van der Waals surface area contributed by atoms with E-state index in [1.807, 2.05) is 19.9 Å². The quantitative estimate of drug-likeness (QED) is 0.473. The van der Waals surface area contributed by atoms with Gasteiger partial charge in [0.2, 0.25) is 0 Å². The lowest BCUT2D eigenvalue weighted by atomic mass is 9.85. The van der Waals surface area contributed by atoms with Crippen molar-refractivity contribution in [3.8, 4) is 0 Å². The molecular formula is C20H26O5. The highest BCUT2D eigenvalue weighted by atomic mass is 16.6. The van der Waals surface area contributed by atoms with E-state index >= 15 is 0 Å². The van der Waals surface area contributed by atoms with Gasteiger partial charge in [0, 0.05) is 17.6 Å². The van der Waals surface area contributed by atoms with Crippen molar-refractivity contribution in [2.24, 2.45) is 5.92 Å². The number of carbonyl (C=O) groups is 2. The van der Waals surface area contributed by atoms with E-state index in [1.54, 1.807) is 26.0 Å². The first-order chi connectivity index (χ1) is 11.7. The smallest absolute Gasteiger partial charge is 0.334 e. The van der Waals surface area contributed by atoms with Crippen LogP contribution >= 0.6 is 0 Å². The van der Waals surface area contributed by atoms with E-state index in [0.717, 1.165) is 11.1 Å². The predicted octanol–water partition coefficient (Wildman–Crippen LogP) is 3.01. The van der Waals surface area contributed by atoms with Gasteiger partial charge in [-0.15, -0.1) is 0 Å². The van der Waals surface area contributed by atoms with E-state index < -0.39 is 36.2 Å². The molecule has 1 aliphatic heterocycles. The Morgan fingerprint density at radius 1 is 1.32 bits per heavy atom. The molecule has 1 N–H and O–H groups in total. The molecule has 0 unspecified atom stereocenters. The normalized spacial score (nSPS) is 35.0. The zero-order valence-corrected chi connectivity index (χ0v) is 15.2. The number of fused-ring (bicyclic) bond motifs is 1. The molecule has 1 saturated heterocycles. The van der Waals surface area contributed by atoms with Crippen molar-refractivity contribution < 1.29 is 24.2 Å². The van der Waals surface area contributed by atoms with Crippen LogP contribution in [-0.2, 0) is 19.1 Å². The second-order valence-corrected chi connectivity index (χ2v) is 6.84. The Hall–Kier alpha value is -2.14. The summed E-state index contributed by atoms with van der Waals surface area (Å²) in [4.78, 5) is 24.3. The van der Waals surface area contributed by atoms with Crippen LogP contribution in [0.2, 0.25) is 0 Å². The number of ether oxygens (including phenoxy) is 2. The van der Waals surface area contributed by atoms with Crippen LogP contribution in [0.4, 0.5) is 0 Å². The first-order valence-corrected chi connectivity index (χ1v) is 8.49. The zero-order valence-electron chi connectivity index (χ0n) is 15.2. The molecule has 2 rings (SSSR count). The van der Waals surface area contributed by atoms with Crippen LogP contribution in [0.3, 0.4) is 0 Å². The number of esters is 2. The highest BCUT2D eigenvalue weighted by Gasteiger charge is 2.44. The molecule has 0 spiro atoms. The van der Waals surface area contributed by atoms with Gasteiger partial charge in [-0.1, -0.05) is 29.9 Å². The molecule has 0 aromatic carbocycles. The number of hydrogen-bond donors (Lipinski definition) is 1. The highest BCUT2D eigenvalue weighted by molar-refractivity contribution is 5.92. The SMILES string of the molecule is C=C1C(=O)O[C@@H]2/C=C(\C)C[C@@H](O)/C=C(\C)C[C@@H](OC(=O)/C(C)=C\C)[C@H]12. The topological polar surface area (TPSA) is 72.8 Å². The third-order valence-electron chi connectivity index (χ3n) is 4.66. The summed E-state index contributed by atoms with van der Waals surface area (Å²) in [7, 11) is 0. The van der Waals surface area contributed by atoms with Gasteiger partial charge in [-0.3, -0.25) is 0 Å². The van der Waals surface area contributed by atoms with Gasteiger partial charge in [0.15, 0.2) is 0 Å². The van der Waals surface area contributed by atoms with Gasteiger partial charge >= 0.3 is 11.9 Å². The van der Waals surface area contributed by atoms with Crippen molar-refractivity contribution in [3.05, 3.63) is 47.1 Å². The first kappa shape index (κ1) is 19.2. The van der Waals surface area contributed by atoms with Crippen molar-refractivity contribution in [2.75, 3.05) is 0 Å². The van der Waals surface area contributed by atoms with E-state index in [0.29, 0.717) is 24.0 Å². The summed E-state index contributed by atoms with van der Waals surface area (Å²) in [6.45, 7) is 11.1. The summed E-state index contributed by atoms with van der Waals surface area (Å²) in [5.74, 6) is -1.33. The molecule has 0 radical (unpaired) electrons. The van der Waals surface area contributed by atoms with Gasteiger partial charge in [0.1, 0.15) is 12.2 Å². The molecule has 25 heavy (non-hydrogen) atoms. The zero-order chi connectivity index (χ0) is 18.7. The summed E-state index contributed by atoms with van der Waals surface area (Å²) < 4.78 is 11.1. The standard InChI is InChI=1S/C20H26O5/c1-6-13(4)19(22)24-16-9-11(2)7-15(21)8-12(3)10-17-18(16)14(5)20(23)25-17/h6-7,10,15-18,21H,5,8-9H2,1-4H3/b11-7+,12-10+,13-6-/t15-,16+,17+,18-/m0/s1. The monoisotopic (exact) mass is 346 g/mol. The Morgan fingerprint density at radius 3 is 2.60 bits per heavy atom. The third-order valence-corrected chi connectivity index (χ3v) is 4.66. The summed E-state index contributed by atoms with van der Waals surface area (Å²) in [6, 6.07) is 0. The molecule has 5 heteroatoms. The Bertz CT molecular complexity index is 668. The maximum atomic E-state index is 12.3. The molecular weight excluding hydrogens is 320 g/mol. The summed E-state index contributed by atoms with van der Waals surface area (Å²) in [5.41, 5.74) is 2.62. The maximum absolute atomic E-state index is 12.3. The Labute approximate surface area is 148 Å². The fourth-order valence-electron chi connectivity index (χ4n) is 3.22. The summed E-state index contributed by atoms with van der Waals surface area (Å²) in [5, 5.41) is 10.2. The van der Waals surface area contributed by atoms with Gasteiger partial charge in [0.05, 0.1) is 12.0 Å². The van der Waals surface area contributed by atoms with Gasteiger partial charge < -0.3 is 14.6 Å². The first-order valence-electron chi connectivity index (χ1n) is 8.49. The Balaban J connectivity index is 2.42. The number of allylic oxidation sites excluding steroid dienone is 1. The predicted molar refractivity (Wildman–Crippen MR) is 94.6 cm³/mol. The number of aliphatic hydroxyl groups is 1. The molecule has 1 fully saturated rings. The summed E-state index contributed by atoms with van der Waals surface area (Å²) >= 11 is 0. The second-order valence-electron chi connectivity index (χ2n) is 6.84. The highest BCUT2D eigenvalue weighted by Crippen LogP contribution is 2.36. The number of carbonyl (C=O) groups excluding carboxylic acids is 2. The largest absolute Gasteiger partial charge is 0.458 e. The van der Waals surface area contributed by atoms with E-state index in [9.17, 15) is 14.7 Å². The lowest BCUT2D eigenvalue weighted by Crippen LogP contribution is -2.34. The average Bonchev–Trinajstić information content (AvgIpc) is 2.78. The van der Waals surface area contributed by atoms with Crippen LogP contribution in [-0.4, -0.2) is 35.4 Å². The molecule has 4 atom stereocenters. The van der Waals surface area contributed by atoms with Gasteiger partial charge in [0.25, 0.3) is 0 Å². The van der Waals surface area contributed by atoms with Crippen molar-refractivity contribution in [1.29, 1.82) is 0 Å².